The summed E-state index contributed by atoms with van der Waals surface area (Å²) in [4.78, 5) is 38.7. The molecule has 2 aliphatic rings. The van der Waals surface area contributed by atoms with Crippen LogP contribution in [0.2, 0.25) is 0 Å². The maximum atomic E-state index is 12.3. The molecule has 17 heteroatoms. The van der Waals surface area contributed by atoms with Crippen LogP contribution < -0.4 is 4.90 Å². The number of pyridine rings is 1. The van der Waals surface area contributed by atoms with Crippen molar-refractivity contribution in [1.29, 1.82) is 0 Å². The van der Waals surface area contributed by atoms with E-state index in [2.05, 4.69) is 21.0 Å². The van der Waals surface area contributed by atoms with Gasteiger partial charge in [-0.25, -0.2) is 9.59 Å². The van der Waals surface area contributed by atoms with E-state index in [1.165, 1.54) is 0 Å². The minimum atomic E-state index is -5.08. The summed E-state index contributed by atoms with van der Waals surface area (Å²) in [5.74, 6) is -5.51. The lowest BCUT2D eigenvalue weighted by Crippen LogP contribution is -2.58. The quantitative estimate of drug-likeness (QED) is 0.534. The third-order valence-corrected chi connectivity index (χ3v) is 5.62. The van der Waals surface area contributed by atoms with Crippen molar-refractivity contribution in [2.75, 3.05) is 31.1 Å². The van der Waals surface area contributed by atoms with E-state index >= 15 is 0 Å². The number of piperidine rings is 1. The summed E-state index contributed by atoms with van der Waals surface area (Å²) in [6, 6.07) is 6.02. The third-order valence-electron chi connectivity index (χ3n) is 5.62. The van der Waals surface area contributed by atoms with Gasteiger partial charge in [-0.3, -0.25) is 19.4 Å². The van der Waals surface area contributed by atoms with Crippen LogP contribution >= 0.6 is 0 Å². The van der Waals surface area contributed by atoms with Gasteiger partial charge in [0.15, 0.2) is 0 Å². The molecule has 0 radical (unpaired) electrons. The van der Waals surface area contributed by atoms with Crippen molar-refractivity contribution in [3.05, 3.63) is 42.5 Å². The number of nitrogens with zero attached hydrogens (tertiary/aromatic N) is 5. The number of carbonyl (C=O) groups excluding carboxylic acids is 1. The predicted octanol–water partition coefficient (Wildman–Crippen LogP) is 2.48. The molecule has 216 valence electrons. The number of amides is 1. The van der Waals surface area contributed by atoms with Crippen LogP contribution in [-0.4, -0.2) is 91.9 Å². The zero-order valence-corrected chi connectivity index (χ0v) is 20.4. The van der Waals surface area contributed by atoms with E-state index in [1.807, 2.05) is 36.5 Å². The number of carbonyl (C=O) groups is 3. The van der Waals surface area contributed by atoms with E-state index in [0.717, 1.165) is 43.9 Å². The first-order valence-corrected chi connectivity index (χ1v) is 11.2. The number of aliphatic carboxylic acids is 2. The van der Waals surface area contributed by atoms with Gasteiger partial charge in [-0.2, -0.15) is 31.4 Å². The van der Waals surface area contributed by atoms with Crippen molar-refractivity contribution in [2.45, 2.75) is 37.3 Å². The van der Waals surface area contributed by atoms with E-state index in [1.54, 1.807) is 10.9 Å². The molecule has 1 spiro atoms. The summed E-state index contributed by atoms with van der Waals surface area (Å²) in [6.45, 7) is 3.52. The second-order valence-electron chi connectivity index (χ2n) is 8.53. The first kappa shape index (κ1) is 31.5. The molecule has 39 heavy (non-hydrogen) atoms. The number of hydrogen-bond acceptors (Lipinski definition) is 7. The van der Waals surface area contributed by atoms with Gasteiger partial charge in [0.05, 0.1) is 29.7 Å². The molecule has 2 saturated heterocycles. The molecule has 4 heterocycles. The fourth-order valence-corrected chi connectivity index (χ4v) is 3.64. The molecule has 2 aliphatic heterocycles. The summed E-state index contributed by atoms with van der Waals surface area (Å²) in [7, 11) is 1.86. The summed E-state index contributed by atoms with van der Waals surface area (Å²) < 4.78 is 71.2. The van der Waals surface area contributed by atoms with Gasteiger partial charge in [0, 0.05) is 39.1 Å². The Kier molecular flexibility index (Phi) is 10.4. The normalized spacial score (nSPS) is 17.5. The Morgan fingerprint density at radius 3 is 2.05 bits per heavy atom. The first-order chi connectivity index (χ1) is 18.0. The molecule has 2 aromatic heterocycles. The minimum Gasteiger partial charge on any atom is -0.475 e. The molecule has 0 aliphatic carbocycles. The van der Waals surface area contributed by atoms with Gasteiger partial charge in [0.2, 0.25) is 0 Å². The second-order valence-corrected chi connectivity index (χ2v) is 8.53. The molecular formula is C22H25F6N5O6. The van der Waals surface area contributed by atoms with Gasteiger partial charge in [-0.1, -0.05) is 6.07 Å². The van der Waals surface area contributed by atoms with E-state index < -0.39 is 24.3 Å². The van der Waals surface area contributed by atoms with Crippen LogP contribution in [0.5, 0.6) is 0 Å². The monoisotopic (exact) mass is 569 g/mol. The van der Waals surface area contributed by atoms with Crippen molar-refractivity contribution in [2.24, 2.45) is 7.05 Å². The highest BCUT2D eigenvalue weighted by Crippen LogP contribution is 2.33. The molecule has 2 N–H and O–H groups in total. The number of likely N-dealkylation sites (tertiary alicyclic amines) is 1. The van der Waals surface area contributed by atoms with Gasteiger partial charge >= 0.3 is 24.3 Å². The van der Waals surface area contributed by atoms with Crippen molar-refractivity contribution < 1.29 is 55.7 Å². The van der Waals surface area contributed by atoms with Crippen LogP contribution in [-0.2, 0) is 32.7 Å². The number of morpholine rings is 1. The highest BCUT2D eigenvalue weighted by Gasteiger charge is 2.43. The predicted molar refractivity (Wildman–Crippen MR) is 120 cm³/mol. The minimum absolute atomic E-state index is 0.00883. The number of halogens is 6. The maximum absolute atomic E-state index is 12.3. The fraction of sp³-hybridized carbons (Fsp3) is 0.500. The molecular weight excluding hydrogens is 544 g/mol. The van der Waals surface area contributed by atoms with Crippen LogP contribution in [0.1, 0.15) is 18.5 Å². The first-order valence-electron chi connectivity index (χ1n) is 11.2. The molecule has 4 rings (SSSR count). The van der Waals surface area contributed by atoms with Crippen molar-refractivity contribution in [3.8, 4) is 0 Å². The number of hydrogen-bond donors (Lipinski definition) is 2. The molecule has 0 saturated carbocycles. The number of ether oxygens (including phenoxy) is 1. The Bertz CT molecular complexity index is 1090. The van der Waals surface area contributed by atoms with Gasteiger partial charge in [-0.05, 0) is 25.0 Å². The van der Waals surface area contributed by atoms with Crippen molar-refractivity contribution in [3.63, 3.8) is 0 Å². The molecule has 1 amide bonds. The molecule has 11 nitrogen and oxygen atoms in total. The highest BCUT2D eigenvalue weighted by molar-refractivity contribution is 5.94. The molecule has 0 atom stereocenters. The zero-order chi connectivity index (χ0) is 29.4. The number of rotatable bonds is 3. The highest BCUT2D eigenvalue weighted by atomic mass is 19.4. The van der Waals surface area contributed by atoms with Crippen LogP contribution in [0.15, 0.2) is 36.8 Å². The van der Waals surface area contributed by atoms with Gasteiger partial charge in [0.1, 0.15) is 6.61 Å². The van der Waals surface area contributed by atoms with Gasteiger partial charge in [-0.15, -0.1) is 0 Å². The van der Waals surface area contributed by atoms with E-state index in [9.17, 15) is 31.1 Å². The lowest BCUT2D eigenvalue weighted by Gasteiger charge is -2.46. The van der Waals surface area contributed by atoms with Crippen molar-refractivity contribution >= 4 is 23.5 Å². The van der Waals surface area contributed by atoms with Crippen LogP contribution in [0, 0.1) is 0 Å². The molecule has 0 unspecified atom stereocenters. The summed E-state index contributed by atoms with van der Waals surface area (Å²) in [5, 5.41) is 18.4. The Morgan fingerprint density at radius 2 is 1.62 bits per heavy atom. The third kappa shape index (κ3) is 9.82. The average Bonchev–Trinajstić information content (AvgIpc) is 3.29. The smallest absolute Gasteiger partial charge is 0.475 e. The van der Waals surface area contributed by atoms with E-state index in [4.69, 9.17) is 24.5 Å². The summed E-state index contributed by atoms with van der Waals surface area (Å²) >= 11 is 0. The lowest BCUT2D eigenvalue weighted by molar-refractivity contribution is -0.193. The SMILES string of the molecule is Cn1cc(N2CC3(CCN(Cc4ccccn4)CC3)OCC2=O)cn1.O=C(O)C(F)(F)F.O=C(O)C(F)(F)F. The van der Waals surface area contributed by atoms with Gasteiger partial charge < -0.3 is 19.8 Å². The lowest BCUT2D eigenvalue weighted by atomic mass is 9.89. The number of carboxylic acid groups (broad SMARTS) is 2. The number of carboxylic acids is 2. The van der Waals surface area contributed by atoms with E-state index in [-0.39, 0.29) is 18.1 Å². The second kappa shape index (κ2) is 12.9. The maximum Gasteiger partial charge on any atom is 0.490 e. The standard InChI is InChI=1S/C18H23N5O2.2C2HF3O2/c1-21-12-16(10-20-21)23-14-18(25-13-17(23)24)5-8-22(9-6-18)11-15-4-2-3-7-19-15;2*3-2(4,5)1(6)7/h2-4,7,10,12H,5-6,8-9,11,13-14H2,1H3;2*(H,6,7). The Labute approximate surface area is 217 Å². The Balaban J connectivity index is 0.000000317. The molecule has 2 fully saturated rings. The molecule has 2 aromatic rings. The van der Waals surface area contributed by atoms with Crippen LogP contribution in [0.3, 0.4) is 0 Å². The molecule has 0 aromatic carbocycles. The number of alkyl halides is 6. The van der Waals surface area contributed by atoms with Crippen LogP contribution in [0.25, 0.3) is 0 Å². The summed E-state index contributed by atoms with van der Waals surface area (Å²) in [5.41, 5.74) is 1.70. The van der Waals surface area contributed by atoms with Crippen LogP contribution in [0.4, 0.5) is 32.0 Å². The Morgan fingerprint density at radius 1 is 1.05 bits per heavy atom. The summed E-state index contributed by atoms with van der Waals surface area (Å²) in [6.07, 6.45) is -2.86. The molecule has 0 bridgehead atoms. The topological polar surface area (TPSA) is 138 Å². The average molecular weight is 569 g/mol. The van der Waals surface area contributed by atoms with Crippen molar-refractivity contribution in [1.82, 2.24) is 19.7 Å². The zero-order valence-electron chi connectivity index (χ0n) is 20.4. The van der Waals surface area contributed by atoms with Gasteiger partial charge in [0.25, 0.3) is 5.91 Å². The number of anilines is 1. The fourth-order valence-electron chi connectivity index (χ4n) is 3.64. The number of aromatic nitrogens is 3. The Hall–Kier alpha value is -3.73. The number of aryl methyl sites for hydroxylation is 1. The van der Waals surface area contributed by atoms with E-state index in [0.29, 0.717) is 6.54 Å². The largest absolute Gasteiger partial charge is 0.490 e.